The second-order valence-electron chi connectivity index (χ2n) is 4.12. The summed E-state index contributed by atoms with van der Waals surface area (Å²) < 4.78 is 30.8. The van der Waals surface area contributed by atoms with E-state index in [-0.39, 0.29) is 24.3 Å². The first kappa shape index (κ1) is 12.8. The summed E-state index contributed by atoms with van der Waals surface area (Å²) in [7, 11) is 0. The van der Waals surface area contributed by atoms with Crippen LogP contribution in [-0.2, 0) is 4.79 Å². The van der Waals surface area contributed by atoms with E-state index in [1.54, 1.807) is 0 Å². The number of benzene rings is 1. The van der Waals surface area contributed by atoms with Crippen LogP contribution in [0.1, 0.15) is 6.42 Å². The first-order valence-electron chi connectivity index (χ1n) is 5.73. The van der Waals surface area contributed by atoms with E-state index in [0.29, 0.717) is 6.07 Å². The lowest BCUT2D eigenvalue weighted by Crippen LogP contribution is -2.39. The van der Waals surface area contributed by atoms with Crippen molar-refractivity contribution in [2.45, 2.75) is 12.5 Å². The third-order valence-electron chi connectivity index (χ3n) is 2.68. The van der Waals surface area contributed by atoms with Crippen molar-refractivity contribution in [3.8, 4) is 5.75 Å². The highest BCUT2D eigenvalue weighted by Gasteiger charge is 2.17. The van der Waals surface area contributed by atoms with E-state index in [9.17, 15) is 13.6 Å². The molecule has 1 aliphatic rings. The molecular formula is C12H14F2N2O2. The average molecular weight is 256 g/mol. The van der Waals surface area contributed by atoms with Gasteiger partial charge in [0.05, 0.1) is 0 Å². The summed E-state index contributed by atoms with van der Waals surface area (Å²) in [6.45, 7) is 1.33. The maximum Gasteiger partial charge on any atom is 0.258 e. The van der Waals surface area contributed by atoms with E-state index in [0.717, 1.165) is 31.6 Å². The highest BCUT2D eigenvalue weighted by Crippen LogP contribution is 2.17. The molecule has 2 rings (SSSR count). The van der Waals surface area contributed by atoms with E-state index in [2.05, 4.69) is 10.6 Å². The molecule has 0 bridgehead atoms. The van der Waals surface area contributed by atoms with E-state index < -0.39 is 11.6 Å². The molecule has 1 unspecified atom stereocenters. The van der Waals surface area contributed by atoms with E-state index in [4.69, 9.17) is 4.74 Å². The zero-order valence-corrected chi connectivity index (χ0v) is 9.71. The van der Waals surface area contributed by atoms with Gasteiger partial charge in [0.2, 0.25) is 0 Å². The number of rotatable bonds is 4. The van der Waals surface area contributed by atoms with Gasteiger partial charge in [-0.25, -0.2) is 8.78 Å². The Labute approximate surface area is 103 Å². The van der Waals surface area contributed by atoms with Crippen LogP contribution in [0, 0.1) is 11.6 Å². The van der Waals surface area contributed by atoms with Crippen molar-refractivity contribution in [2.75, 3.05) is 19.7 Å². The van der Waals surface area contributed by atoms with Crippen molar-refractivity contribution in [1.82, 2.24) is 10.6 Å². The summed E-state index contributed by atoms with van der Waals surface area (Å²) in [6, 6.07) is 3.06. The van der Waals surface area contributed by atoms with Gasteiger partial charge in [0.25, 0.3) is 5.91 Å². The summed E-state index contributed by atoms with van der Waals surface area (Å²) in [4.78, 5) is 11.5. The molecule has 0 aliphatic carbocycles. The molecule has 6 heteroatoms. The zero-order chi connectivity index (χ0) is 13.0. The maximum atomic E-state index is 13.2. The Hall–Kier alpha value is -1.69. The quantitative estimate of drug-likeness (QED) is 0.838. The Morgan fingerprint density at radius 3 is 3.00 bits per heavy atom. The van der Waals surface area contributed by atoms with Crippen LogP contribution >= 0.6 is 0 Å². The molecule has 4 nitrogen and oxygen atoms in total. The van der Waals surface area contributed by atoms with Gasteiger partial charge in [-0.1, -0.05) is 0 Å². The number of ether oxygens (including phenoxy) is 1. The molecule has 1 aliphatic heterocycles. The molecule has 1 fully saturated rings. The molecule has 0 spiro atoms. The Morgan fingerprint density at radius 1 is 1.50 bits per heavy atom. The number of amides is 1. The molecule has 98 valence electrons. The van der Waals surface area contributed by atoms with Crippen molar-refractivity contribution < 1.29 is 18.3 Å². The van der Waals surface area contributed by atoms with Crippen LogP contribution in [0.5, 0.6) is 5.75 Å². The number of carbonyl (C=O) groups excluding carboxylic acids is 1. The standard InChI is InChI=1S/C12H14F2N2O2/c13-8-1-2-11(10(14)5-8)18-7-12(17)16-9-3-4-15-6-9/h1-2,5,9,15H,3-4,6-7H2,(H,16,17). The predicted octanol–water partition coefficient (Wildman–Crippen LogP) is 0.822. The van der Waals surface area contributed by atoms with Gasteiger partial charge < -0.3 is 15.4 Å². The van der Waals surface area contributed by atoms with Gasteiger partial charge >= 0.3 is 0 Å². The molecule has 1 aromatic carbocycles. The summed E-state index contributed by atoms with van der Waals surface area (Å²) in [6.07, 6.45) is 0.872. The van der Waals surface area contributed by atoms with Gasteiger partial charge in [-0.05, 0) is 25.1 Å². The van der Waals surface area contributed by atoms with Crippen molar-refractivity contribution in [3.63, 3.8) is 0 Å². The van der Waals surface area contributed by atoms with Crippen molar-refractivity contribution >= 4 is 5.91 Å². The Kier molecular flexibility index (Phi) is 4.09. The van der Waals surface area contributed by atoms with Crippen LogP contribution in [0.3, 0.4) is 0 Å². The molecule has 1 aromatic rings. The van der Waals surface area contributed by atoms with E-state index in [1.807, 2.05) is 0 Å². The Balaban J connectivity index is 1.81. The molecule has 1 saturated heterocycles. The second kappa shape index (κ2) is 5.77. The Bertz CT molecular complexity index is 434. The smallest absolute Gasteiger partial charge is 0.258 e. The minimum Gasteiger partial charge on any atom is -0.481 e. The molecule has 0 radical (unpaired) electrons. The highest BCUT2D eigenvalue weighted by atomic mass is 19.1. The van der Waals surface area contributed by atoms with Gasteiger partial charge in [0.1, 0.15) is 5.82 Å². The van der Waals surface area contributed by atoms with Gasteiger partial charge in [-0.3, -0.25) is 4.79 Å². The fourth-order valence-corrected chi connectivity index (χ4v) is 1.78. The number of halogens is 2. The topological polar surface area (TPSA) is 50.4 Å². The minimum absolute atomic E-state index is 0.0964. The van der Waals surface area contributed by atoms with Crippen molar-refractivity contribution in [3.05, 3.63) is 29.8 Å². The van der Waals surface area contributed by atoms with Crippen LogP contribution < -0.4 is 15.4 Å². The van der Waals surface area contributed by atoms with Gasteiger partial charge in [0, 0.05) is 18.7 Å². The first-order valence-corrected chi connectivity index (χ1v) is 5.73. The van der Waals surface area contributed by atoms with Gasteiger partial charge in [-0.2, -0.15) is 0 Å². The average Bonchev–Trinajstić information content (AvgIpc) is 2.80. The van der Waals surface area contributed by atoms with E-state index >= 15 is 0 Å². The normalized spacial score (nSPS) is 18.7. The molecule has 1 atom stereocenters. The lowest BCUT2D eigenvalue weighted by Gasteiger charge is -2.12. The van der Waals surface area contributed by atoms with Crippen LogP contribution in [0.25, 0.3) is 0 Å². The molecule has 1 heterocycles. The zero-order valence-electron chi connectivity index (χ0n) is 9.71. The third kappa shape index (κ3) is 3.40. The van der Waals surface area contributed by atoms with Crippen molar-refractivity contribution in [1.29, 1.82) is 0 Å². The van der Waals surface area contributed by atoms with Crippen LogP contribution in [0.2, 0.25) is 0 Å². The van der Waals surface area contributed by atoms with Gasteiger partial charge in [0.15, 0.2) is 18.2 Å². The maximum absolute atomic E-state index is 13.2. The van der Waals surface area contributed by atoms with Crippen LogP contribution in [0.15, 0.2) is 18.2 Å². The Morgan fingerprint density at radius 2 is 2.33 bits per heavy atom. The van der Waals surface area contributed by atoms with Crippen LogP contribution in [0.4, 0.5) is 8.78 Å². The largest absolute Gasteiger partial charge is 0.481 e. The summed E-state index contributed by atoms with van der Waals surface area (Å²) >= 11 is 0. The molecule has 0 saturated carbocycles. The number of carbonyl (C=O) groups is 1. The predicted molar refractivity (Wildman–Crippen MR) is 61.3 cm³/mol. The van der Waals surface area contributed by atoms with Crippen molar-refractivity contribution in [2.24, 2.45) is 0 Å². The van der Waals surface area contributed by atoms with Gasteiger partial charge in [-0.15, -0.1) is 0 Å². The lowest BCUT2D eigenvalue weighted by atomic mass is 10.2. The fourth-order valence-electron chi connectivity index (χ4n) is 1.78. The van der Waals surface area contributed by atoms with Crippen LogP contribution in [-0.4, -0.2) is 31.6 Å². The minimum atomic E-state index is -0.815. The molecule has 1 amide bonds. The molecule has 2 N–H and O–H groups in total. The molecule has 18 heavy (non-hydrogen) atoms. The second-order valence-corrected chi connectivity index (χ2v) is 4.12. The highest BCUT2D eigenvalue weighted by molar-refractivity contribution is 5.77. The van der Waals surface area contributed by atoms with E-state index in [1.165, 1.54) is 0 Å². The molecule has 0 aromatic heterocycles. The number of hydrogen-bond donors (Lipinski definition) is 2. The summed E-state index contributed by atoms with van der Waals surface area (Å²) in [5, 5.41) is 5.87. The fraction of sp³-hybridized carbons (Fsp3) is 0.417. The summed E-state index contributed by atoms with van der Waals surface area (Å²) in [5.74, 6) is -1.94. The SMILES string of the molecule is O=C(COc1ccc(F)cc1F)NC1CCNC1. The monoisotopic (exact) mass is 256 g/mol. The molecular weight excluding hydrogens is 242 g/mol. The first-order chi connectivity index (χ1) is 8.65. The summed E-state index contributed by atoms with van der Waals surface area (Å²) in [5.41, 5.74) is 0. The number of nitrogens with one attached hydrogen (secondary N) is 2. The third-order valence-corrected chi connectivity index (χ3v) is 2.68. The number of hydrogen-bond acceptors (Lipinski definition) is 3. The lowest BCUT2D eigenvalue weighted by molar-refractivity contribution is -0.123.